The van der Waals surface area contributed by atoms with E-state index in [1.165, 1.54) is 12.8 Å². The van der Waals surface area contributed by atoms with Crippen molar-refractivity contribution < 1.29 is 9.90 Å². The lowest BCUT2D eigenvalue weighted by Crippen LogP contribution is -2.19. The van der Waals surface area contributed by atoms with Crippen LogP contribution in [-0.2, 0) is 4.79 Å². The molecule has 3 heteroatoms. The van der Waals surface area contributed by atoms with Gasteiger partial charge in [0.2, 0.25) is 0 Å². The molecule has 1 aliphatic rings. The second-order valence-electron chi connectivity index (χ2n) is 3.50. The molecule has 70 valence electrons. The Bertz CT molecular complexity index is 159. The molecule has 0 aromatic heterocycles. The van der Waals surface area contributed by atoms with Crippen molar-refractivity contribution in [3.05, 3.63) is 0 Å². The molecule has 0 aromatic carbocycles. The number of carbonyl (C=O) groups is 1. The van der Waals surface area contributed by atoms with E-state index in [2.05, 4.69) is 12.2 Å². The predicted molar refractivity (Wildman–Crippen MR) is 47.0 cm³/mol. The third-order valence-electron chi connectivity index (χ3n) is 2.35. The number of rotatable bonds is 6. The van der Waals surface area contributed by atoms with Gasteiger partial charge in [0.15, 0.2) is 0 Å². The largest absolute Gasteiger partial charge is 0.481 e. The number of hydrogen-bond acceptors (Lipinski definition) is 2. The molecule has 2 unspecified atom stereocenters. The highest BCUT2D eigenvalue weighted by atomic mass is 16.4. The molecule has 2 N–H and O–H groups in total. The van der Waals surface area contributed by atoms with Gasteiger partial charge in [0.25, 0.3) is 0 Å². The van der Waals surface area contributed by atoms with Crippen molar-refractivity contribution in [2.24, 2.45) is 11.8 Å². The number of unbranched alkanes of at least 4 members (excludes halogenated alkanes) is 1. The molecule has 1 fully saturated rings. The van der Waals surface area contributed by atoms with E-state index >= 15 is 0 Å². The van der Waals surface area contributed by atoms with Crippen LogP contribution >= 0.6 is 0 Å². The third-order valence-corrected chi connectivity index (χ3v) is 2.35. The fourth-order valence-electron chi connectivity index (χ4n) is 1.36. The predicted octanol–water partition coefficient (Wildman–Crippen LogP) is 1.10. The lowest BCUT2D eigenvalue weighted by Gasteiger charge is -2.00. The number of carboxylic acids is 1. The van der Waals surface area contributed by atoms with Gasteiger partial charge < -0.3 is 10.4 Å². The molecule has 2 atom stereocenters. The molecule has 1 saturated carbocycles. The minimum atomic E-state index is -0.628. The van der Waals surface area contributed by atoms with Gasteiger partial charge in [-0.1, -0.05) is 13.3 Å². The second kappa shape index (κ2) is 4.45. The Morgan fingerprint density at radius 3 is 2.92 bits per heavy atom. The van der Waals surface area contributed by atoms with Gasteiger partial charge in [-0.2, -0.15) is 0 Å². The average Bonchev–Trinajstić information content (AvgIpc) is 2.77. The Hall–Kier alpha value is -0.570. The maximum Gasteiger partial charge on any atom is 0.306 e. The van der Waals surface area contributed by atoms with Crippen LogP contribution in [0.25, 0.3) is 0 Å². The van der Waals surface area contributed by atoms with E-state index in [0.717, 1.165) is 19.5 Å². The van der Waals surface area contributed by atoms with Crippen molar-refractivity contribution in [3.8, 4) is 0 Å². The molecule has 0 spiro atoms. The van der Waals surface area contributed by atoms with E-state index in [9.17, 15) is 4.79 Å². The zero-order valence-electron chi connectivity index (χ0n) is 7.55. The Kier molecular flexibility index (Phi) is 3.53. The minimum absolute atomic E-state index is 0.0564. The quantitative estimate of drug-likeness (QED) is 0.588. The lowest BCUT2D eigenvalue weighted by molar-refractivity contribution is -0.138. The summed E-state index contributed by atoms with van der Waals surface area (Å²) in [4.78, 5) is 10.4. The van der Waals surface area contributed by atoms with Crippen molar-refractivity contribution in [1.29, 1.82) is 0 Å². The highest BCUT2D eigenvalue weighted by Gasteiger charge is 2.42. The Balaban J connectivity index is 1.93. The summed E-state index contributed by atoms with van der Waals surface area (Å²) in [5, 5.41) is 11.9. The van der Waals surface area contributed by atoms with E-state index in [1.807, 2.05) is 0 Å². The zero-order chi connectivity index (χ0) is 8.97. The summed E-state index contributed by atoms with van der Waals surface area (Å²) in [7, 11) is 0. The van der Waals surface area contributed by atoms with E-state index in [4.69, 9.17) is 5.11 Å². The van der Waals surface area contributed by atoms with Crippen LogP contribution in [-0.4, -0.2) is 24.2 Å². The summed E-state index contributed by atoms with van der Waals surface area (Å²) in [5.41, 5.74) is 0. The third kappa shape index (κ3) is 2.81. The summed E-state index contributed by atoms with van der Waals surface area (Å²) in [6.07, 6.45) is 3.25. The van der Waals surface area contributed by atoms with Crippen LogP contribution in [0.3, 0.4) is 0 Å². The topological polar surface area (TPSA) is 49.3 Å². The number of hydrogen-bond donors (Lipinski definition) is 2. The van der Waals surface area contributed by atoms with Gasteiger partial charge in [0.1, 0.15) is 0 Å². The second-order valence-corrected chi connectivity index (χ2v) is 3.50. The molecular formula is C9H17NO2. The molecule has 3 nitrogen and oxygen atoms in total. The fraction of sp³-hybridized carbons (Fsp3) is 0.889. The molecule has 0 aliphatic heterocycles. The van der Waals surface area contributed by atoms with Gasteiger partial charge in [0.05, 0.1) is 5.92 Å². The molecule has 0 radical (unpaired) electrons. The van der Waals surface area contributed by atoms with Crippen LogP contribution in [0.2, 0.25) is 0 Å². The first-order valence-electron chi connectivity index (χ1n) is 4.69. The van der Waals surface area contributed by atoms with Crippen molar-refractivity contribution in [3.63, 3.8) is 0 Å². The smallest absolute Gasteiger partial charge is 0.306 e. The summed E-state index contributed by atoms with van der Waals surface area (Å²) in [5.74, 6) is -0.282. The van der Waals surface area contributed by atoms with Gasteiger partial charge in [-0.05, 0) is 31.8 Å². The first-order valence-corrected chi connectivity index (χ1v) is 4.69. The normalized spacial score (nSPS) is 27.1. The minimum Gasteiger partial charge on any atom is -0.481 e. The fourth-order valence-corrected chi connectivity index (χ4v) is 1.36. The van der Waals surface area contributed by atoms with Crippen molar-refractivity contribution in [2.75, 3.05) is 13.1 Å². The van der Waals surface area contributed by atoms with Crippen LogP contribution in [0.15, 0.2) is 0 Å². The Labute approximate surface area is 73.2 Å². The summed E-state index contributed by atoms with van der Waals surface area (Å²) in [6, 6.07) is 0. The molecule has 0 saturated heterocycles. The lowest BCUT2D eigenvalue weighted by atomic mass is 10.3. The molecule has 12 heavy (non-hydrogen) atoms. The van der Waals surface area contributed by atoms with Crippen molar-refractivity contribution in [2.45, 2.75) is 26.2 Å². The summed E-state index contributed by atoms with van der Waals surface area (Å²) < 4.78 is 0. The molecule has 1 rings (SSSR count). The maximum absolute atomic E-state index is 10.4. The highest BCUT2D eigenvalue weighted by molar-refractivity contribution is 5.73. The van der Waals surface area contributed by atoms with Crippen LogP contribution in [0.4, 0.5) is 0 Å². The standard InChI is InChI=1S/C9H17NO2/c1-2-3-4-10-6-7-5-8(7)9(11)12/h7-8,10H,2-6H2,1H3,(H,11,12). The molecule has 0 heterocycles. The number of carboxylic acid groups (broad SMARTS) is 1. The van der Waals surface area contributed by atoms with E-state index in [1.54, 1.807) is 0 Å². The van der Waals surface area contributed by atoms with Crippen molar-refractivity contribution in [1.82, 2.24) is 5.32 Å². The summed E-state index contributed by atoms with van der Waals surface area (Å²) >= 11 is 0. The molecular weight excluding hydrogens is 154 g/mol. The van der Waals surface area contributed by atoms with E-state index < -0.39 is 5.97 Å². The Morgan fingerprint density at radius 1 is 1.67 bits per heavy atom. The van der Waals surface area contributed by atoms with Crippen LogP contribution < -0.4 is 5.32 Å². The van der Waals surface area contributed by atoms with Crippen LogP contribution in [0, 0.1) is 11.8 Å². The highest BCUT2D eigenvalue weighted by Crippen LogP contribution is 2.37. The van der Waals surface area contributed by atoms with Gasteiger partial charge in [-0.25, -0.2) is 0 Å². The summed E-state index contributed by atoms with van der Waals surface area (Å²) in [6.45, 7) is 4.06. The molecule has 0 aromatic rings. The van der Waals surface area contributed by atoms with Crippen LogP contribution in [0.5, 0.6) is 0 Å². The van der Waals surface area contributed by atoms with Gasteiger partial charge in [0, 0.05) is 0 Å². The first kappa shape index (κ1) is 9.52. The van der Waals surface area contributed by atoms with Crippen molar-refractivity contribution >= 4 is 5.97 Å². The van der Waals surface area contributed by atoms with Gasteiger partial charge in [-0.15, -0.1) is 0 Å². The molecule has 0 bridgehead atoms. The first-order chi connectivity index (χ1) is 5.75. The van der Waals surface area contributed by atoms with E-state index in [0.29, 0.717) is 5.92 Å². The molecule has 1 aliphatic carbocycles. The number of aliphatic carboxylic acids is 1. The maximum atomic E-state index is 10.4. The van der Waals surface area contributed by atoms with Gasteiger partial charge >= 0.3 is 5.97 Å². The number of nitrogens with one attached hydrogen (secondary N) is 1. The zero-order valence-corrected chi connectivity index (χ0v) is 7.55. The van der Waals surface area contributed by atoms with Gasteiger partial charge in [-0.3, -0.25) is 4.79 Å². The van der Waals surface area contributed by atoms with Crippen LogP contribution in [0.1, 0.15) is 26.2 Å². The molecule has 0 amide bonds. The monoisotopic (exact) mass is 171 g/mol. The van der Waals surface area contributed by atoms with E-state index in [-0.39, 0.29) is 5.92 Å². The Morgan fingerprint density at radius 2 is 2.42 bits per heavy atom. The SMILES string of the molecule is CCCCNCC1CC1C(=O)O. The average molecular weight is 171 g/mol.